The van der Waals surface area contributed by atoms with Crippen molar-refractivity contribution in [2.45, 2.75) is 0 Å². The van der Waals surface area contributed by atoms with Crippen LogP contribution < -0.4 is 10.1 Å². The molecule has 6 nitrogen and oxygen atoms in total. The summed E-state index contributed by atoms with van der Waals surface area (Å²) in [6.45, 7) is -0.246. The van der Waals surface area contributed by atoms with Gasteiger partial charge in [0.2, 0.25) is 0 Å². The van der Waals surface area contributed by atoms with Crippen LogP contribution in [0.4, 0.5) is 5.69 Å². The highest BCUT2D eigenvalue weighted by atomic mass is 16.5. The first-order valence-electron chi connectivity index (χ1n) is 6.74. The lowest BCUT2D eigenvalue weighted by Crippen LogP contribution is -2.20. The fourth-order valence-corrected chi connectivity index (χ4v) is 1.86. The van der Waals surface area contributed by atoms with Gasteiger partial charge in [0.1, 0.15) is 11.8 Å². The van der Waals surface area contributed by atoms with Crippen molar-refractivity contribution in [3.05, 3.63) is 59.7 Å². The smallest absolute Gasteiger partial charge is 0.337 e. The Hall–Kier alpha value is -3.33. The number of carbonyl (C=O) groups excluding carboxylic acids is 2. The van der Waals surface area contributed by atoms with Crippen LogP contribution in [0.1, 0.15) is 15.9 Å². The Kier molecular flexibility index (Phi) is 5.31. The molecule has 0 aliphatic heterocycles. The second-order valence-electron chi connectivity index (χ2n) is 4.51. The van der Waals surface area contributed by atoms with E-state index in [4.69, 9.17) is 10.00 Å². The number of amides is 1. The summed E-state index contributed by atoms with van der Waals surface area (Å²) in [7, 11) is 1.29. The zero-order chi connectivity index (χ0) is 16.7. The second kappa shape index (κ2) is 7.61. The number of nitriles is 1. The molecule has 0 fully saturated rings. The first-order chi connectivity index (χ1) is 11.1. The summed E-state index contributed by atoms with van der Waals surface area (Å²) in [5, 5.41) is 11.6. The van der Waals surface area contributed by atoms with Gasteiger partial charge in [-0.3, -0.25) is 4.79 Å². The predicted octanol–water partition coefficient (Wildman–Crippen LogP) is 2.36. The van der Waals surface area contributed by atoms with Gasteiger partial charge in [-0.15, -0.1) is 0 Å². The minimum atomic E-state index is -0.483. The second-order valence-corrected chi connectivity index (χ2v) is 4.51. The normalized spacial score (nSPS) is 9.57. The largest absolute Gasteiger partial charge is 0.484 e. The monoisotopic (exact) mass is 310 g/mol. The van der Waals surface area contributed by atoms with Crippen LogP contribution in [0.2, 0.25) is 0 Å². The first-order valence-corrected chi connectivity index (χ1v) is 6.74. The molecular weight excluding hydrogens is 296 g/mol. The van der Waals surface area contributed by atoms with Crippen LogP contribution >= 0.6 is 0 Å². The molecule has 0 bridgehead atoms. The topological polar surface area (TPSA) is 88.4 Å². The molecule has 2 aromatic carbocycles. The average molecular weight is 310 g/mol. The van der Waals surface area contributed by atoms with E-state index in [0.29, 0.717) is 22.6 Å². The molecule has 0 aliphatic rings. The molecule has 116 valence electrons. The Balaban J connectivity index is 1.97. The van der Waals surface area contributed by atoms with Crippen molar-refractivity contribution in [1.29, 1.82) is 5.26 Å². The van der Waals surface area contributed by atoms with E-state index in [2.05, 4.69) is 10.1 Å². The number of nitrogens with one attached hydrogen (secondary N) is 1. The highest BCUT2D eigenvalue weighted by molar-refractivity contribution is 5.93. The molecule has 23 heavy (non-hydrogen) atoms. The van der Waals surface area contributed by atoms with Crippen LogP contribution in [0.3, 0.4) is 0 Å². The van der Waals surface area contributed by atoms with Crippen LogP contribution in [0.5, 0.6) is 5.75 Å². The van der Waals surface area contributed by atoms with Crippen molar-refractivity contribution in [3.8, 4) is 11.8 Å². The van der Waals surface area contributed by atoms with Crippen molar-refractivity contribution < 1.29 is 19.1 Å². The number of rotatable bonds is 5. The zero-order valence-electron chi connectivity index (χ0n) is 12.4. The predicted molar refractivity (Wildman–Crippen MR) is 83.1 cm³/mol. The summed E-state index contributed by atoms with van der Waals surface area (Å²) < 4.78 is 9.96. The molecule has 0 saturated heterocycles. The summed E-state index contributed by atoms with van der Waals surface area (Å²) >= 11 is 0. The molecule has 0 unspecified atom stereocenters. The van der Waals surface area contributed by atoms with Crippen LogP contribution in [-0.2, 0) is 9.53 Å². The number of anilines is 1. The van der Waals surface area contributed by atoms with Crippen LogP contribution in [0, 0.1) is 11.3 Å². The standard InChI is InChI=1S/C17H14N2O4/c1-22-17(21)12-6-4-7-14(9-12)23-11-16(20)19-15-8-3-2-5-13(15)10-18/h2-9H,11H2,1H3,(H,19,20). The van der Waals surface area contributed by atoms with Gasteiger partial charge in [-0.25, -0.2) is 4.79 Å². The van der Waals surface area contributed by atoms with E-state index in [1.54, 1.807) is 42.5 Å². The van der Waals surface area contributed by atoms with Crippen LogP contribution in [0.15, 0.2) is 48.5 Å². The van der Waals surface area contributed by atoms with E-state index in [0.717, 1.165) is 0 Å². The van der Waals surface area contributed by atoms with Gasteiger partial charge in [0.05, 0.1) is 23.9 Å². The Morgan fingerprint density at radius 1 is 1.17 bits per heavy atom. The number of hydrogen-bond donors (Lipinski definition) is 1. The Morgan fingerprint density at radius 2 is 1.96 bits per heavy atom. The maximum Gasteiger partial charge on any atom is 0.337 e. The molecule has 0 saturated carbocycles. The van der Waals surface area contributed by atoms with Crippen LogP contribution in [-0.4, -0.2) is 25.6 Å². The zero-order valence-corrected chi connectivity index (χ0v) is 12.4. The van der Waals surface area contributed by atoms with E-state index < -0.39 is 11.9 Å². The number of nitrogens with zero attached hydrogens (tertiary/aromatic N) is 1. The van der Waals surface area contributed by atoms with E-state index in [1.165, 1.54) is 13.2 Å². The Labute approximate surface area is 133 Å². The highest BCUT2D eigenvalue weighted by Crippen LogP contribution is 2.15. The molecule has 0 aromatic heterocycles. The highest BCUT2D eigenvalue weighted by Gasteiger charge is 2.09. The van der Waals surface area contributed by atoms with E-state index in [-0.39, 0.29) is 6.61 Å². The lowest BCUT2D eigenvalue weighted by atomic mass is 10.2. The molecule has 0 aliphatic carbocycles. The minimum Gasteiger partial charge on any atom is -0.484 e. The summed E-state index contributed by atoms with van der Waals surface area (Å²) in [6, 6.07) is 15.0. The number of ether oxygens (including phenoxy) is 2. The molecule has 0 heterocycles. The first kappa shape index (κ1) is 16.0. The lowest BCUT2D eigenvalue weighted by molar-refractivity contribution is -0.118. The van der Waals surface area contributed by atoms with Gasteiger partial charge >= 0.3 is 5.97 Å². The number of carbonyl (C=O) groups is 2. The van der Waals surface area contributed by atoms with Crippen molar-refractivity contribution in [2.75, 3.05) is 19.0 Å². The number of hydrogen-bond acceptors (Lipinski definition) is 5. The van der Waals surface area contributed by atoms with Crippen molar-refractivity contribution >= 4 is 17.6 Å². The fraction of sp³-hybridized carbons (Fsp3) is 0.118. The fourth-order valence-electron chi connectivity index (χ4n) is 1.86. The summed E-state index contributed by atoms with van der Waals surface area (Å²) in [6.07, 6.45) is 0. The molecule has 2 rings (SSSR count). The molecule has 0 spiro atoms. The molecule has 1 N–H and O–H groups in total. The Bertz CT molecular complexity index is 765. The lowest BCUT2D eigenvalue weighted by Gasteiger charge is -2.09. The number of benzene rings is 2. The average Bonchev–Trinajstić information content (AvgIpc) is 2.60. The van der Waals surface area contributed by atoms with E-state index in [9.17, 15) is 9.59 Å². The number of esters is 1. The van der Waals surface area contributed by atoms with Gasteiger partial charge in [-0.1, -0.05) is 18.2 Å². The molecular formula is C17H14N2O4. The Morgan fingerprint density at radius 3 is 2.70 bits per heavy atom. The molecule has 0 atom stereocenters. The molecule has 1 amide bonds. The maximum atomic E-state index is 11.9. The number of para-hydroxylation sites is 1. The molecule has 2 aromatic rings. The van der Waals surface area contributed by atoms with E-state index >= 15 is 0 Å². The van der Waals surface area contributed by atoms with Gasteiger partial charge in [0.15, 0.2) is 6.61 Å². The van der Waals surface area contributed by atoms with Gasteiger partial charge in [-0.05, 0) is 30.3 Å². The van der Waals surface area contributed by atoms with Crippen molar-refractivity contribution in [1.82, 2.24) is 0 Å². The molecule has 0 radical (unpaired) electrons. The van der Waals surface area contributed by atoms with Crippen LogP contribution in [0.25, 0.3) is 0 Å². The minimum absolute atomic E-state index is 0.246. The van der Waals surface area contributed by atoms with E-state index in [1.807, 2.05) is 6.07 Å². The van der Waals surface area contributed by atoms with Crippen molar-refractivity contribution in [2.24, 2.45) is 0 Å². The quantitative estimate of drug-likeness (QED) is 0.856. The summed E-state index contributed by atoms with van der Waals surface area (Å²) in [5.74, 6) is -0.518. The summed E-state index contributed by atoms with van der Waals surface area (Å²) in [5.41, 5.74) is 1.13. The van der Waals surface area contributed by atoms with Gasteiger partial charge in [0.25, 0.3) is 5.91 Å². The summed E-state index contributed by atoms with van der Waals surface area (Å²) in [4.78, 5) is 23.3. The third-order valence-corrected chi connectivity index (χ3v) is 2.95. The molecule has 6 heteroatoms. The SMILES string of the molecule is COC(=O)c1cccc(OCC(=O)Nc2ccccc2C#N)c1. The van der Waals surface area contributed by atoms with Gasteiger partial charge < -0.3 is 14.8 Å². The third-order valence-electron chi connectivity index (χ3n) is 2.95. The van der Waals surface area contributed by atoms with Crippen molar-refractivity contribution in [3.63, 3.8) is 0 Å². The van der Waals surface area contributed by atoms with Gasteiger partial charge in [0, 0.05) is 0 Å². The maximum absolute atomic E-state index is 11.9. The van der Waals surface area contributed by atoms with Gasteiger partial charge in [-0.2, -0.15) is 5.26 Å². The third kappa shape index (κ3) is 4.32. The number of methoxy groups -OCH3 is 1.